The van der Waals surface area contributed by atoms with Gasteiger partial charge in [0, 0.05) is 0 Å². The van der Waals surface area contributed by atoms with Crippen molar-refractivity contribution >= 4 is 12.6 Å². The van der Waals surface area contributed by atoms with Crippen LogP contribution < -0.4 is 0 Å². The van der Waals surface area contributed by atoms with Crippen LogP contribution in [0.2, 0.25) is 0 Å². The zero-order chi connectivity index (χ0) is 4.50. The molecule has 0 rings (SSSR count). The van der Waals surface area contributed by atoms with Gasteiger partial charge in [-0.15, -0.1) is 0 Å². The molecule has 0 aromatic rings. The molecule has 0 N–H and O–H groups in total. The van der Waals surface area contributed by atoms with Crippen molar-refractivity contribution in [2.45, 2.75) is 5.51 Å². The minimum absolute atomic E-state index is 0. The third kappa shape index (κ3) is 94.8. The Hall–Kier alpha value is 0.880. The third-order valence-corrected chi connectivity index (χ3v) is 0. The van der Waals surface area contributed by atoms with Gasteiger partial charge in [0.1, 0.15) is 0 Å². The van der Waals surface area contributed by atoms with E-state index in [-0.39, 0.29) is 22.4 Å². The van der Waals surface area contributed by atoms with E-state index in [4.69, 9.17) is 0 Å². The molecule has 0 heterocycles. The Morgan fingerprint density at radius 1 is 1.17 bits per heavy atom. The van der Waals surface area contributed by atoms with E-state index in [0.717, 1.165) is 0 Å². The van der Waals surface area contributed by atoms with Gasteiger partial charge in [0.25, 0.3) is 0 Å². The summed E-state index contributed by atoms with van der Waals surface area (Å²) in [4.78, 5) is 0. The van der Waals surface area contributed by atoms with Crippen LogP contribution in [0.25, 0.3) is 0 Å². The number of thiol groups is 1. The molecular formula is CHAgF3S+. The molecule has 0 aliphatic heterocycles. The van der Waals surface area contributed by atoms with Gasteiger partial charge in [0.15, 0.2) is 0 Å². The summed E-state index contributed by atoms with van der Waals surface area (Å²) in [6, 6.07) is 0. The molecule has 0 atom stereocenters. The molecule has 0 fully saturated rings. The number of hydrogen-bond donors (Lipinski definition) is 1. The number of rotatable bonds is 0. The van der Waals surface area contributed by atoms with Crippen LogP contribution in [0.3, 0.4) is 0 Å². The van der Waals surface area contributed by atoms with Crippen LogP contribution in [0.15, 0.2) is 0 Å². The minimum atomic E-state index is -4.31. The topological polar surface area (TPSA) is 0 Å². The summed E-state index contributed by atoms with van der Waals surface area (Å²) in [6.07, 6.45) is 0. The maximum absolute atomic E-state index is 10.2. The Balaban J connectivity index is 0. The molecule has 0 saturated carbocycles. The van der Waals surface area contributed by atoms with Gasteiger partial charge in [0.2, 0.25) is 0 Å². The minimum Gasteiger partial charge on any atom is -0.161 e. The van der Waals surface area contributed by atoms with Crippen molar-refractivity contribution in [1.82, 2.24) is 0 Å². The summed E-state index contributed by atoms with van der Waals surface area (Å²) in [5.41, 5.74) is -4.31. The molecule has 0 saturated heterocycles. The Kier molecular flexibility index (Phi) is 4.93. The second kappa shape index (κ2) is 2.96. The van der Waals surface area contributed by atoms with E-state index in [1.807, 2.05) is 0 Å². The van der Waals surface area contributed by atoms with Gasteiger partial charge in [-0.25, -0.2) is 0 Å². The number of halogens is 3. The van der Waals surface area contributed by atoms with Crippen molar-refractivity contribution in [3.05, 3.63) is 0 Å². The smallest absolute Gasteiger partial charge is 0.161 e. The van der Waals surface area contributed by atoms with Crippen LogP contribution in [-0.2, 0) is 22.4 Å². The Bertz CT molecular complexity index is 26.3. The van der Waals surface area contributed by atoms with E-state index >= 15 is 0 Å². The van der Waals surface area contributed by atoms with E-state index in [2.05, 4.69) is 12.6 Å². The summed E-state index contributed by atoms with van der Waals surface area (Å²) < 4.78 is 30.7. The zero-order valence-corrected chi connectivity index (χ0v) is 4.76. The van der Waals surface area contributed by atoms with Gasteiger partial charge in [-0.2, -0.15) is 13.2 Å². The molecule has 0 aromatic heterocycles. The molecule has 6 heavy (non-hydrogen) atoms. The van der Waals surface area contributed by atoms with E-state index in [1.165, 1.54) is 0 Å². The van der Waals surface area contributed by atoms with E-state index in [9.17, 15) is 13.2 Å². The molecule has 0 aliphatic rings. The first-order chi connectivity index (χ1) is 2.00. The largest absolute Gasteiger partial charge is 1.00 e. The normalized spacial score (nSPS) is 10.0. The molecule has 0 radical (unpaired) electrons. The number of alkyl halides is 3. The number of hydrogen-bond acceptors (Lipinski definition) is 1. The SMILES string of the molecule is FC(F)(F)S.[Ag+]. The maximum atomic E-state index is 10.2. The van der Waals surface area contributed by atoms with Crippen molar-refractivity contribution in [2.75, 3.05) is 0 Å². The maximum Gasteiger partial charge on any atom is 1.00 e. The van der Waals surface area contributed by atoms with Crippen molar-refractivity contribution in [2.24, 2.45) is 0 Å². The molecule has 0 bridgehead atoms. The Morgan fingerprint density at radius 2 is 1.17 bits per heavy atom. The quantitative estimate of drug-likeness (QED) is 0.453. The molecule has 0 aliphatic carbocycles. The molecule has 42 valence electrons. The first kappa shape index (κ1) is 9.99. The zero-order valence-electron chi connectivity index (χ0n) is 2.38. The van der Waals surface area contributed by atoms with E-state index in [1.54, 1.807) is 0 Å². The van der Waals surface area contributed by atoms with E-state index in [0.29, 0.717) is 0 Å². The Morgan fingerprint density at radius 3 is 1.17 bits per heavy atom. The van der Waals surface area contributed by atoms with Gasteiger partial charge in [-0.3, -0.25) is 0 Å². The molecule has 0 aromatic carbocycles. The fourth-order valence-corrected chi connectivity index (χ4v) is 0. The van der Waals surface area contributed by atoms with Crippen LogP contribution in [0, 0.1) is 0 Å². The monoisotopic (exact) mass is 209 g/mol. The summed E-state index contributed by atoms with van der Waals surface area (Å²) in [6.45, 7) is 0. The molecular weight excluding hydrogens is 209 g/mol. The van der Waals surface area contributed by atoms with Gasteiger partial charge in [0.05, 0.1) is 0 Å². The fraction of sp³-hybridized carbons (Fsp3) is 1.00. The van der Waals surface area contributed by atoms with Crippen LogP contribution in [-0.4, -0.2) is 5.51 Å². The van der Waals surface area contributed by atoms with Crippen LogP contribution >= 0.6 is 12.6 Å². The standard InChI is InChI=1S/CHF3S.Ag/c2-1(3,4)5;/h5H;/q;+1. The van der Waals surface area contributed by atoms with Crippen molar-refractivity contribution < 1.29 is 35.6 Å². The molecule has 0 spiro atoms. The summed E-state index contributed by atoms with van der Waals surface area (Å²) in [5, 5.41) is 0. The van der Waals surface area contributed by atoms with Gasteiger partial charge < -0.3 is 0 Å². The average molecular weight is 210 g/mol. The van der Waals surface area contributed by atoms with E-state index < -0.39 is 5.51 Å². The first-order valence-electron chi connectivity index (χ1n) is 0.791. The molecule has 0 nitrogen and oxygen atoms in total. The third-order valence-electron chi connectivity index (χ3n) is 0. The van der Waals surface area contributed by atoms with Crippen LogP contribution in [0.5, 0.6) is 0 Å². The summed E-state index contributed by atoms with van der Waals surface area (Å²) >= 11 is 2.12. The van der Waals surface area contributed by atoms with Gasteiger partial charge in [-0.05, 0) is 0 Å². The summed E-state index contributed by atoms with van der Waals surface area (Å²) in [7, 11) is 0. The molecule has 5 heteroatoms. The first-order valence-corrected chi connectivity index (χ1v) is 1.24. The van der Waals surface area contributed by atoms with Crippen LogP contribution in [0.1, 0.15) is 0 Å². The molecule has 0 amide bonds. The van der Waals surface area contributed by atoms with Crippen molar-refractivity contribution in [3.63, 3.8) is 0 Å². The predicted octanol–water partition coefficient (Wildman–Crippen LogP) is 1.43. The predicted molar refractivity (Wildman–Crippen MR) is 15.0 cm³/mol. The van der Waals surface area contributed by atoms with Gasteiger partial charge in [-0.1, -0.05) is 12.6 Å². The fourth-order valence-electron chi connectivity index (χ4n) is 0. The second-order valence-corrected chi connectivity index (χ2v) is 0.975. The second-order valence-electron chi connectivity index (χ2n) is 0.468. The van der Waals surface area contributed by atoms with Crippen molar-refractivity contribution in [3.8, 4) is 0 Å². The van der Waals surface area contributed by atoms with Gasteiger partial charge >= 0.3 is 27.9 Å². The summed E-state index contributed by atoms with van der Waals surface area (Å²) in [5.74, 6) is 0. The van der Waals surface area contributed by atoms with Crippen LogP contribution in [0.4, 0.5) is 13.2 Å². The average Bonchev–Trinajstić information content (AvgIpc) is 0.722. The molecule has 0 unspecified atom stereocenters. The Labute approximate surface area is 54.0 Å². The van der Waals surface area contributed by atoms with Crippen molar-refractivity contribution in [1.29, 1.82) is 0 Å².